The van der Waals surface area contributed by atoms with E-state index in [1.165, 1.54) is 6.33 Å². The number of benzene rings is 1. The third-order valence-corrected chi connectivity index (χ3v) is 3.01. The molecular formula is C14H18BrN5. The first-order valence-electron chi connectivity index (χ1n) is 6.26. The smallest absolute Gasteiger partial charge is 0.159 e. The van der Waals surface area contributed by atoms with Crippen LogP contribution in [0.5, 0.6) is 0 Å². The van der Waals surface area contributed by atoms with Crippen LogP contribution in [0.2, 0.25) is 0 Å². The molecule has 1 aromatic heterocycles. The summed E-state index contributed by atoms with van der Waals surface area (Å²) in [4.78, 5) is 8.37. The Balaban J connectivity index is 2.24. The lowest BCUT2D eigenvalue weighted by Gasteiger charge is -2.22. The van der Waals surface area contributed by atoms with Gasteiger partial charge in [-0.15, -0.1) is 0 Å². The molecule has 0 aliphatic rings. The van der Waals surface area contributed by atoms with Crippen LogP contribution in [0.25, 0.3) is 0 Å². The number of aromatic nitrogens is 2. The quantitative estimate of drug-likeness (QED) is 0.795. The third-order valence-electron chi connectivity index (χ3n) is 2.48. The number of nitrogen functional groups attached to an aromatic ring is 1. The van der Waals surface area contributed by atoms with Crippen LogP contribution in [-0.2, 0) is 0 Å². The average Bonchev–Trinajstić information content (AvgIpc) is 2.35. The summed E-state index contributed by atoms with van der Waals surface area (Å²) in [5.74, 6) is 1.22. The van der Waals surface area contributed by atoms with Gasteiger partial charge >= 0.3 is 0 Å². The van der Waals surface area contributed by atoms with Gasteiger partial charge in [0.2, 0.25) is 0 Å². The van der Waals surface area contributed by atoms with Gasteiger partial charge in [0.1, 0.15) is 12.0 Å². The van der Waals surface area contributed by atoms with Gasteiger partial charge in [-0.25, -0.2) is 9.97 Å². The molecule has 1 heterocycles. The molecule has 20 heavy (non-hydrogen) atoms. The van der Waals surface area contributed by atoms with E-state index in [1.54, 1.807) is 0 Å². The van der Waals surface area contributed by atoms with Gasteiger partial charge in [-0.05, 0) is 45.0 Å². The molecule has 2 rings (SSSR count). The zero-order valence-corrected chi connectivity index (χ0v) is 13.3. The number of nitrogens with two attached hydrogens (primary N) is 1. The number of halogens is 1. The Bertz CT molecular complexity index is 590. The van der Waals surface area contributed by atoms with E-state index in [0.29, 0.717) is 17.3 Å². The molecule has 5 nitrogen and oxygen atoms in total. The molecule has 0 saturated carbocycles. The summed E-state index contributed by atoms with van der Waals surface area (Å²) in [5.41, 5.74) is 7.42. The minimum atomic E-state index is -0.114. The molecule has 0 bridgehead atoms. The van der Waals surface area contributed by atoms with E-state index in [0.717, 1.165) is 10.2 Å². The lowest BCUT2D eigenvalue weighted by molar-refractivity contribution is 0.630. The molecule has 2 aromatic rings. The molecule has 0 aliphatic carbocycles. The normalized spacial score (nSPS) is 11.2. The first kappa shape index (κ1) is 14.6. The van der Waals surface area contributed by atoms with Crippen LogP contribution in [-0.4, -0.2) is 15.5 Å². The highest BCUT2D eigenvalue weighted by molar-refractivity contribution is 9.10. The molecule has 6 heteroatoms. The fourth-order valence-electron chi connectivity index (χ4n) is 1.62. The zero-order valence-electron chi connectivity index (χ0n) is 11.7. The van der Waals surface area contributed by atoms with Crippen molar-refractivity contribution in [2.24, 2.45) is 0 Å². The predicted octanol–water partition coefficient (Wildman–Crippen LogP) is 3.78. The molecule has 0 atom stereocenters. The molecule has 0 aliphatic heterocycles. The molecule has 0 fully saturated rings. The Labute approximate surface area is 127 Å². The largest absolute Gasteiger partial charge is 0.393 e. The van der Waals surface area contributed by atoms with Crippen molar-refractivity contribution >= 4 is 38.9 Å². The van der Waals surface area contributed by atoms with Crippen LogP contribution < -0.4 is 16.4 Å². The van der Waals surface area contributed by atoms with Gasteiger partial charge in [0, 0.05) is 15.7 Å². The number of nitrogens with one attached hydrogen (secondary N) is 2. The van der Waals surface area contributed by atoms with Crippen LogP contribution in [0.4, 0.5) is 23.0 Å². The summed E-state index contributed by atoms with van der Waals surface area (Å²) >= 11 is 3.40. The van der Waals surface area contributed by atoms with E-state index in [9.17, 15) is 0 Å². The Morgan fingerprint density at radius 3 is 2.25 bits per heavy atom. The number of hydrogen-bond donors (Lipinski definition) is 3. The number of hydrogen-bond acceptors (Lipinski definition) is 5. The second-order valence-electron chi connectivity index (χ2n) is 5.49. The first-order valence-corrected chi connectivity index (χ1v) is 7.06. The molecular weight excluding hydrogens is 318 g/mol. The molecule has 0 saturated heterocycles. The Kier molecular flexibility index (Phi) is 4.13. The van der Waals surface area contributed by atoms with Gasteiger partial charge in [0.25, 0.3) is 0 Å². The number of anilines is 4. The van der Waals surface area contributed by atoms with Crippen molar-refractivity contribution in [2.45, 2.75) is 26.3 Å². The van der Waals surface area contributed by atoms with Gasteiger partial charge in [-0.2, -0.15) is 0 Å². The highest BCUT2D eigenvalue weighted by Crippen LogP contribution is 2.27. The highest BCUT2D eigenvalue weighted by atomic mass is 79.9. The summed E-state index contributed by atoms with van der Waals surface area (Å²) in [6.07, 6.45) is 1.49. The molecule has 0 unspecified atom stereocenters. The SMILES string of the molecule is CC(C)(C)Nc1ncnc(Nc2ccc(Br)cc2)c1N. The summed E-state index contributed by atoms with van der Waals surface area (Å²) < 4.78 is 1.02. The van der Waals surface area contributed by atoms with Crippen molar-refractivity contribution in [2.75, 3.05) is 16.4 Å². The van der Waals surface area contributed by atoms with E-state index in [-0.39, 0.29) is 5.54 Å². The second-order valence-corrected chi connectivity index (χ2v) is 6.41. The lowest BCUT2D eigenvalue weighted by atomic mass is 10.1. The van der Waals surface area contributed by atoms with Crippen molar-refractivity contribution in [3.8, 4) is 0 Å². The standard InChI is InChI=1S/C14H18BrN5/c1-14(2,3)20-13-11(16)12(17-8-18-13)19-10-6-4-9(15)5-7-10/h4-8H,16H2,1-3H3,(H2,17,18,19,20). The molecule has 0 spiro atoms. The van der Waals surface area contributed by atoms with Gasteiger partial charge in [-0.1, -0.05) is 15.9 Å². The monoisotopic (exact) mass is 335 g/mol. The number of rotatable bonds is 3. The second kappa shape index (κ2) is 5.66. The van der Waals surface area contributed by atoms with E-state index >= 15 is 0 Å². The van der Waals surface area contributed by atoms with Gasteiger partial charge in [0.15, 0.2) is 11.6 Å². The van der Waals surface area contributed by atoms with Crippen LogP contribution in [0, 0.1) is 0 Å². The maximum Gasteiger partial charge on any atom is 0.159 e. The predicted molar refractivity (Wildman–Crippen MR) is 87.2 cm³/mol. The molecule has 0 radical (unpaired) electrons. The third kappa shape index (κ3) is 3.84. The minimum absolute atomic E-state index is 0.114. The highest BCUT2D eigenvalue weighted by Gasteiger charge is 2.15. The van der Waals surface area contributed by atoms with Crippen LogP contribution in [0.15, 0.2) is 35.1 Å². The van der Waals surface area contributed by atoms with Crippen molar-refractivity contribution in [3.63, 3.8) is 0 Å². The maximum absolute atomic E-state index is 6.11. The summed E-state index contributed by atoms with van der Waals surface area (Å²) in [5, 5.41) is 6.45. The van der Waals surface area contributed by atoms with Crippen molar-refractivity contribution in [3.05, 3.63) is 35.1 Å². The van der Waals surface area contributed by atoms with E-state index < -0.39 is 0 Å². The molecule has 1 aromatic carbocycles. The van der Waals surface area contributed by atoms with Gasteiger partial charge in [0.05, 0.1) is 0 Å². The van der Waals surface area contributed by atoms with E-state index in [1.807, 2.05) is 24.3 Å². The van der Waals surface area contributed by atoms with Crippen molar-refractivity contribution < 1.29 is 0 Å². The Hall–Kier alpha value is -1.82. The van der Waals surface area contributed by atoms with Crippen LogP contribution in [0.3, 0.4) is 0 Å². The van der Waals surface area contributed by atoms with Gasteiger partial charge in [-0.3, -0.25) is 0 Å². The lowest BCUT2D eigenvalue weighted by Crippen LogP contribution is -2.27. The minimum Gasteiger partial charge on any atom is -0.393 e. The Morgan fingerprint density at radius 1 is 1.05 bits per heavy atom. The van der Waals surface area contributed by atoms with E-state index in [2.05, 4.69) is 57.3 Å². The topological polar surface area (TPSA) is 75.9 Å². The number of nitrogens with zero attached hydrogens (tertiary/aromatic N) is 2. The van der Waals surface area contributed by atoms with Crippen molar-refractivity contribution in [1.82, 2.24) is 9.97 Å². The molecule has 4 N–H and O–H groups in total. The van der Waals surface area contributed by atoms with E-state index in [4.69, 9.17) is 5.73 Å². The fraction of sp³-hybridized carbons (Fsp3) is 0.286. The average molecular weight is 336 g/mol. The van der Waals surface area contributed by atoms with Crippen LogP contribution >= 0.6 is 15.9 Å². The van der Waals surface area contributed by atoms with Gasteiger partial charge < -0.3 is 16.4 Å². The first-order chi connectivity index (χ1) is 9.35. The summed E-state index contributed by atoms with van der Waals surface area (Å²) in [6.45, 7) is 6.16. The fourth-order valence-corrected chi connectivity index (χ4v) is 1.88. The maximum atomic E-state index is 6.11. The van der Waals surface area contributed by atoms with Crippen LogP contribution in [0.1, 0.15) is 20.8 Å². The zero-order chi connectivity index (χ0) is 14.8. The molecule has 0 amide bonds. The van der Waals surface area contributed by atoms with Crippen molar-refractivity contribution in [1.29, 1.82) is 0 Å². The Morgan fingerprint density at radius 2 is 1.65 bits per heavy atom. The summed E-state index contributed by atoms with van der Waals surface area (Å²) in [6, 6.07) is 7.80. The summed E-state index contributed by atoms with van der Waals surface area (Å²) in [7, 11) is 0. The molecule has 106 valence electrons.